The van der Waals surface area contributed by atoms with Crippen LogP contribution in [-0.2, 0) is 6.54 Å². The third-order valence-electron chi connectivity index (χ3n) is 3.03. The summed E-state index contributed by atoms with van der Waals surface area (Å²) in [6.07, 6.45) is 0. The van der Waals surface area contributed by atoms with Gasteiger partial charge in [0.25, 0.3) is 0 Å². The smallest absolute Gasteiger partial charge is 0.315 e. The van der Waals surface area contributed by atoms with Crippen molar-refractivity contribution in [2.45, 2.75) is 40.3 Å². The van der Waals surface area contributed by atoms with Gasteiger partial charge in [0, 0.05) is 11.6 Å². The van der Waals surface area contributed by atoms with Crippen LogP contribution in [0.4, 0.5) is 4.79 Å². The van der Waals surface area contributed by atoms with Gasteiger partial charge in [0.05, 0.1) is 6.54 Å². The average Bonchev–Trinajstić information content (AvgIpc) is 2.78. The van der Waals surface area contributed by atoms with Crippen LogP contribution in [-0.4, -0.2) is 17.1 Å². The Morgan fingerprint density at radius 1 is 1.24 bits per heavy atom. The van der Waals surface area contributed by atoms with E-state index in [9.17, 15) is 4.79 Å². The van der Waals surface area contributed by atoms with Crippen molar-refractivity contribution in [3.05, 3.63) is 41.3 Å². The van der Waals surface area contributed by atoms with Crippen LogP contribution in [0.3, 0.4) is 0 Å². The molecule has 0 unspecified atom stereocenters. The van der Waals surface area contributed by atoms with Crippen molar-refractivity contribution in [2.75, 3.05) is 0 Å². The number of amides is 2. The van der Waals surface area contributed by atoms with E-state index in [0.29, 0.717) is 12.4 Å². The van der Waals surface area contributed by atoms with Gasteiger partial charge in [-0.2, -0.15) is 0 Å². The van der Waals surface area contributed by atoms with E-state index < -0.39 is 0 Å². The Morgan fingerprint density at radius 3 is 2.52 bits per heavy atom. The first-order valence-electron chi connectivity index (χ1n) is 7.03. The van der Waals surface area contributed by atoms with Crippen molar-refractivity contribution in [1.82, 2.24) is 15.6 Å². The summed E-state index contributed by atoms with van der Waals surface area (Å²) in [5.41, 5.74) is 2.86. The molecule has 2 aromatic rings. The number of hydrogen-bond acceptors (Lipinski definition) is 3. The van der Waals surface area contributed by atoms with Gasteiger partial charge in [-0.3, -0.25) is 0 Å². The molecular weight excluding hydrogens is 266 g/mol. The van der Waals surface area contributed by atoms with Gasteiger partial charge in [0.2, 0.25) is 5.89 Å². The molecule has 0 aliphatic rings. The summed E-state index contributed by atoms with van der Waals surface area (Å²) in [5.74, 6) is 1.30. The van der Waals surface area contributed by atoms with Crippen LogP contribution in [0.15, 0.2) is 28.7 Å². The number of aromatic nitrogens is 1. The monoisotopic (exact) mass is 287 g/mol. The van der Waals surface area contributed by atoms with Crippen molar-refractivity contribution >= 4 is 6.03 Å². The van der Waals surface area contributed by atoms with E-state index in [1.54, 1.807) is 0 Å². The molecule has 5 nitrogen and oxygen atoms in total. The molecule has 2 rings (SSSR count). The Bertz CT molecular complexity index is 615. The molecule has 2 amide bonds. The predicted molar refractivity (Wildman–Crippen MR) is 81.9 cm³/mol. The Hall–Kier alpha value is -2.30. The Morgan fingerprint density at radius 2 is 1.90 bits per heavy atom. The minimum atomic E-state index is -0.204. The minimum Gasteiger partial charge on any atom is -0.441 e. The molecular formula is C16H21N3O2. The summed E-state index contributed by atoms with van der Waals surface area (Å²) in [7, 11) is 0. The van der Waals surface area contributed by atoms with Gasteiger partial charge in [-0.1, -0.05) is 17.7 Å². The van der Waals surface area contributed by atoms with Crippen molar-refractivity contribution in [1.29, 1.82) is 0 Å². The molecule has 0 bridgehead atoms. The summed E-state index contributed by atoms with van der Waals surface area (Å²) in [6.45, 7) is 8.06. The van der Waals surface area contributed by atoms with Crippen molar-refractivity contribution < 1.29 is 9.21 Å². The van der Waals surface area contributed by atoms with Crippen LogP contribution in [0.2, 0.25) is 0 Å². The molecule has 0 saturated carbocycles. The Kier molecular flexibility index (Phi) is 4.62. The van der Waals surface area contributed by atoms with Crippen LogP contribution in [0.5, 0.6) is 0 Å². The van der Waals surface area contributed by atoms with Gasteiger partial charge in [-0.15, -0.1) is 0 Å². The van der Waals surface area contributed by atoms with Crippen molar-refractivity contribution in [3.63, 3.8) is 0 Å². The Balaban J connectivity index is 2.05. The van der Waals surface area contributed by atoms with Crippen molar-refractivity contribution in [3.8, 4) is 11.5 Å². The highest BCUT2D eigenvalue weighted by molar-refractivity contribution is 5.74. The van der Waals surface area contributed by atoms with Gasteiger partial charge in [-0.05, 0) is 39.8 Å². The zero-order valence-corrected chi connectivity index (χ0v) is 12.9. The summed E-state index contributed by atoms with van der Waals surface area (Å²) < 4.78 is 5.67. The third-order valence-corrected chi connectivity index (χ3v) is 3.03. The summed E-state index contributed by atoms with van der Waals surface area (Å²) in [5, 5.41) is 5.54. The fourth-order valence-corrected chi connectivity index (χ4v) is 1.89. The minimum absolute atomic E-state index is 0.103. The standard InChI is InChI=1S/C16H21N3O2/c1-10(2)18-16(20)17-9-14-12(4)21-15(19-14)13-7-5-11(3)6-8-13/h5-8,10H,9H2,1-4H3,(H2,17,18,20). The second-order valence-electron chi connectivity index (χ2n) is 5.37. The maximum atomic E-state index is 11.6. The highest BCUT2D eigenvalue weighted by Crippen LogP contribution is 2.21. The number of urea groups is 1. The van der Waals surface area contributed by atoms with E-state index in [0.717, 1.165) is 17.0 Å². The first-order valence-corrected chi connectivity index (χ1v) is 7.03. The molecule has 1 aromatic carbocycles. The number of carbonyl (C=O) groups is 1. The topological polar surface area (TPSA) is 67.2 Å². The highest BCUT2D eigenvalue weighted by Gasteiger charge is 2.12. The maximum Gasteiger partial charge on any atom is 0.315 e. The fraction of sp³-hybridized carbons (Fsp3) is 0.375. The first kappa shape index (κ1) is 15.1. The third kappa shape index (κ3) is 4.08. The lowest BCUT2D eigenvalue weighted by Crippen LogP contribution is -2.39. The zero-order valence-electron chi connectivity index (χ0n) is 12.9. The molecule has 0 fully saturated rings. The normalized spacial score (nSPS) is 10.7. The molecule has 0 radical (unpaired) electrons. The molecule has 0 aliphatic heterocycles. The quantitative estimate of drug-likeness (QED) is 0.907. The largest absolute Gasteiger partial charge is 0.441 e. The number of carbonyl (C=O) groups excluding carboxylic acids is 1. The van der Waals surface area contributed by atoms with Gasteiger partial charge < -0.3 is 15.1 Å². The predicted octanol–water partition coefficient (Wildman–Crippen LogP) is 3.17. The summed E-state index contributed by atoms with van der Waals surface area (Å²) in [6, 6.07) is 7.88. The number of oxazole rings is 1. The lowest BCUT2D eigenvalue weighted by Gasteiger charge is -2.08. The van der Waals surface area contributed by atoms with Gasteiger partial charge >= 0.3 is 6.03 Å². The lowest BCUT2D eigenvalue weighted by molar-refractivity contribution is 0.238. The van der Waals surface area contributed by atoms with Gasteiger partial charge in [0.15, 0.2) is 0 Å². The second kappa shape index (κ2) is 6.43. The van der Waals surface area contributed by atoms with E-state index in [1.807, 2.05) is 52.0 Å². The molecule has 1 aromatic heterocycles. The van der Waals surface area contributed by atoms with E-state index >= 15 is 0 Å². The number of aryl methyl sites for hydroxylation is 2. The van der Waals surface area contributed by atoms with E-state index in [-0.39, 0.29) is 12.1 Å². The number of nitrogens with one attached hydrogen (secondary N) is 2. The van der Waals surface area contributed by atoms with E-state index in [4.69, 9.17) is 4.42 Å². The number of benzene rings is 1. The SMILES string of the molecule is Cc1ccc(-c2nc(CNC(=O)NC(C)C)c(C)o2)cc1. The zero-order chi connectivity index (χ0) is 15.4. The molecule has 2 N–H and O–H groups in total. The maximum absolute atomic E-state index is 11.6. The molecule has 0 spiro atoms. The van der Waals surface area contributed by atoms with Crippen LogP contribution in [0.1, 0.15) is 30.9 Å². The highest BCUT2D eigenvalue weighted by atomic mass is 16.4. The molecule has 1 heterocycles. The van der Waals surface area contributed by atoms with Crippen LogP contribution in [0, 0.1) is 13.8 Å². The second-order valence-corrected chi connectivity index (χ2v) is 5.37. The lowest BCUT2D eigenvalue weighted by atomic mass is 10.1. The summed E-state index contributed by atoms with van der Waals surface area (Å²) >= 11 is 0. The summed E-state index contributed by atoms with van der Waals surface area (Å²) in [4.78, 5) is 16.0. The Labute approximate surface area is 124 Å². The van der Waals surface area contributed by atoms with Crippen LogP contribution in [0.25, 0.3) is 11.5 Å². The average molecular weight is 287 g/mol. The van der Waals surface area contributed by atoms with E-state index in [2.05, 4.69) is 15.6 Å². The molecule has 5 heteroatoms. The van der Waals surface area contributed by atoms with Crippen LogP contribution >= 0.6 is 0 Å². The fourth-order valence-electron chi connectivity index (χ4n) is 1.89. The number of nitrogens with zero attached hydrogens (tertiary/aromatic N) is 1. The van der Waals surface area contributed by atoms with Gasteiger partial charge in [-0.25, -0.2) is 9.78 Å². The number of rotatable bonds is 4. The molecule has 0 aliphatic carbocycles. The van der Waals surface area contributed by atoms with Crippen molar-refractivity contribution in [2.24, 2.45) is 0 Å². The number of hydrogen-bond donors (Lipinski definition) is 2. The molecule has 0 atom stereocenters. The van der Waals surface area contributed by atoms with E-state index in [1.165, 1.54) is 5.56 Å². The first-order chi connectivity index (χ1) is 9.95. The molecule has 0 saturated heterocycles. The van der Waals surface area contributed by atoms with Crippen LogP contribution < -0.4 is 10.6 Å². The molecule has 21 heavy (non-hydrogen) atoms. The molecule has 112 valence electrons. The van der Waals surface area contributed by atoms with Gasteiger partial charge in [0.1, 0.15) is 11.5 Å².